The highest BCUT2D eigenvalue weighted by atomic mass is 35.5. The van der Waals surface area contributed by atoms with Crippen LogP contribution >= 0.6 is 12.4 Å². The van der Waals surface area contributed by atoms with E-state index in [1.165, 1.54) is 44.5 Å². The molecule has 3 heteroatoms. The van der Waals surface area contributed by atoms with E-state index in [0.29, 0.717) is 6.61 Å². The Kier molecular flexibility index (Phi) is 6.31. The second-order valence-electron chi connectivity index (χ2n) is 9.44. The molecular formula is C31H30ClNO. The Labute approximate surface area is 208 Å². The maximum absolute atomic E-state index is 6.91. The van der Waals surface area contributed by atoms with E-state index in [1.54, 1.807) is 0 Å². The fraction of sp³-hybridized carbons (Fsp3) is 0.226. The van der Waals surface area contributed by atoms with Gasteiger partial charge in [-0.3, -0.25) is 0 Å². The van der Waals surface area contributed by atoms with Crippen molar-refractivity contribution in [2.24, 2.45) is 0 Å². The molecule has 2 aliphatic carbocycles. The van der Waals surface area contributed by atoms with Crippen LogP contribution in [0.15, 0.2) is 97.1 Å². The van der Waals surface area contributed by atoms with Crippen molar-refractivity contribution in [2.45, 2.75) is 17.9 Å². The fourth-order valence-electron chi connectivity index (χ4n) is 5.85. The largest absolute Gasteiger partial charge is 0.375 e. The smallest absolute Gasteiger partial charge is 0.0794 e. The van der Waals surface area contributed by atoms with E-state index in [-0.39, 0.29) is 30.3 Å². The number of benzene rings is 4. The van der Waals surface area contributed by atoms with Gasteiger partial charge < -0.3 is 9.64 Å². The second-order valence-corrected chi connectivity index (χ2v) is 9.44. The van der Waals surface area contributed by atoms with Crippen LogP contribution in [0.4, 0.5) is 0 Å². The molecule has 0 atom stereocenters. The normalized spacial score (nSPS) is 14.0. The first kappa shape index (κ1) is 22.9. The zero-order valence-corrected chi connectivity index (χ0v) is 20.5. The van der Waals surface area contributed by atoms with Gasteiger partial charge in [0.2, 0.25) is 0 Å². The quantitative estimate of drug-likeness (QED) is 0.303. The second kappa shape index (κ2) is 9.38. The number of fused-ring (bicyclic) bond motifs is 6. The molecule has 0 fully saturated rings. The van der Waals surface area contributed by atoms with Crippen LogP contribution in [0, 0.1) is 0 Å². The summed E-state index contributed by atoms with van der Waals surface area (Å²) < 4.78 is 6.91. The number of hydrogen-bond donors (Lipinski definition) is 0. The monoisotopic (exact) mass is 467 g/mol. The molecule has 4 aromatic rings. The van der Waals surface area contributed by atoms with E-state index in [4.69, 9.17) is 4.74 Å². The molecule has 0 saturated heterocycles. The van der Waals surface area contributed by atoms with Crippen LogP contribution in [-0.2, 0) is 4.74 Å². The minimum Gasteiger partial charge on any atom is -0.375 e. The average Bonchev–Trinajstić information content (AvgIpc) is 3.36. The molecule has 0 unspecified atom stereocenters. The Balaban J connectivity index is 0.00000241. The number of halogens is 1. The summed E-state index contributed by atoms with van der Waals surface area (Å²) in [6.07, 6.45) is 0.0135. The van der Waals surface area contributed by atoms with Gasteiger partial charge in [-0.2, -0.15) is 0 Å². The van der Waals surface area contributed by atoms with Crippen molar-refractivity contribution in [1.29, 1.82) is 0 Å². The molecule has 4 aromatic carbocycles. The Morgan fingerprint density at radius 2 is 0.912 bits per heavy atom. The number of rotatable bonds is 6. The van der Waals surface area contributed by atoms with Crippen molar-refractivity contribution in [3.05, 3.63) is 119 Å². The highest BCUT2D eigenvalue weighted by Gasteiger charge is 2.43. The van der Waals surface area contributed by atoms with E-state index < -0.39 is 0 Å². The van der Waals surface area contributed by atoms with Gasteiger partial charge in [0.25, 0.3) is 0 Å². The van der Waals surface area contributed by atoms with Gasteiger partial charge in [0.1, 0.15) is 0 Å². The molecule has 0 spiro atoms. The number of hydrogen-bond acceptors (Lipinski definition) is 2. The number of likely N-dealkylation sites (N-methyl/N-ethyl adjacent to an activating group) is 1. The van der Waals surface area contributed by atoms with Crippen molar-refractivity contribution in [1.82, 2.24) is 4.90 Å². The van der Waals surface area contributed by atoms with Crippen LogP contribution in [0.3, 0.4) is 0 Å². The average molecular weight is 468 g/mol. The molecule has 0 bridgehead atoms. The lowest BCUT2D eigenvalue weighted by atomic mass is 9.79. The van der Waals surface area contributed by atoms with E-state index in [9.17, 15) is 0 Å². The molecule has 6 rings (SSSR count). The summed E-state index contributed by atoms with van der Waals surface area (Å²) in [4.78, 5) is 2.20. The van der Waals surface area contributed by atoms with Gasteiger partial charge in [-0.15, -0.1) is 12.4 Å². The minimum absolute atomic E-state index is 0. The predicted molar refractivity (Wildman–Crippen MR) is 143 cm³/mol. The predicted octanol–water partition coefficient (Wildman–Crippen LogP) is 6.98. The van der Waals surface area contributed by atoms with Gasteiger partial charge in [-0.05, 0) is 58.6 Å². The summed E-state index contributed by atoms with van der Waals surface area (Å²) in [5, 5.41) is 0. The molecule has 0 aromatic heterocycles. The third kappa shape index (κ3) is 3.67. The number of ether oxygens (including phenoxy) is 1. The SMILES string of the molecule is CN(C)CCOC(C1c2ccccc2-c2ccccc21)C1c2ccccc2-c2ccccc21.Cl. The summed E-state index contributed by atoms with van der Waals surface area (Å²) in [7, 11) is 4.22. The van der Waals surface area contributed by atoms with Crippen LogP contribution in [0.25, 0.3) is 22.3 Å². The summed E-state index contributed by atoms with van der Waals surface area (Å²) in [6, 6.07) is 35.6. The molecule has 0 aliphatic heterocycles. The molecule has 0 saturated carbocycles. The van der Waals surface area contributed by atoms with Gasteiger partial charge in [0.15, 0.2) is 0 Å². The van der Waals surface area contributed by atoms with Crippen LogP contribution in [-0.4, -0.2) is 38.3 Å². The lowest BCUT2D eigenvalue weighted by Crippen LogP contribution is -2.32. The summed E-state index contributed by atoms with van der Waals surface area (Å²) in [6.45, 7) is 1.61. The van der Waals surface area contributed by atoms with Crippen molar-refractivity contribution < 1.29 is 4.74 Å². The molecule has 0 amide bonds. The van der Waals surface area contributed by atoms with Gasteiger partial charge in [-0.1, -0.05) is 97.1 Å². The molecule has 34 heavy (non-hydrogen) atoms. The maximum Gasteiger partial charge on any atom is 0.0794 e. The molecule has 2 aliphatic rings. The molecule has 172 valence electrons. The van der Waals surface area contributed by atoms with E-state index in [2.05, 4.69) is 116 Å². The Hall–Kier alpha value is -2.91. The third-order valence-electron chi connectivity index (χ3n) is 7.27. The third-order valence-corrected chi connectivity index (χ3v) is 7.27. The molecule has 2 nitrogen and oxygen atoms in total. The summed E-state index contributed by atoms with van der Waals surface area (Å²) in [5.41, 5.74) is 10.9. The zero-order valence-electron chi connectivity index (χ0n) is 19.6. The van der Waals surface area contributed by atoms with Crippen LogP contribution < -0.4 is 0 Å². The fourth-order valence-corrected chi connectivity index (χ4v) is 5.85. The lowest BCUT2D eigenvalue weighted by molar-refractivity contribution is 0.0252. The van der Waals surface area contributed by atoms with Crippen LogP contribution in [0.5, 0.6) is 0 Å². The molecule has 0 heterocycles. The first-order valence-corrected chi connectivity index (χ1v) is 11.9. The Morgan fingerprint density at radius 1 is 0.588 bits per heavy atom. The van der Waals surface area contributed by atoms with Gasteiger partial charge in [0.05, 0.1) is 12.7 Å². The van der Waals surface area contributed by atoms with Gasteiger partial charge in [-0.25, -0.2) is 0 Å². The van der Waals surface area contributed by atoms with Crippen molar-refractivity contribution >= 4 is 12.4 Å². The van der Waals surface area contributed by atoms with E-state index >= 15 is 0 Å². The van der Waals surface area contributed by atoms with Crippen molar-refractivity contribution in [2.75, 3.05) is 27.2 Å². The summed E-state index contributed by atoms with van der Waals surface area (Å²) in [5.74, 6) is 0.396. The van der Waals surface area contributed by atoms with Crippen molar-refractivity contribution in [3.63, 3.8) is 0 Å². The first-order valence-electron chi connectivity index (χ1n) is 11.9. The van der Waals surface area contributed by atoms with E-state index in [1.807, 2.05) is 0 Å². The highest BCUT2D eigenvalue weighted by molar-refractivity contribution is 5.85. The zero-order chi connectivity index (χ0) is 22.4. The first-order chi connectivity index (χ1) is 16.2. The number of nitrogens with zero attached hydrogens (tertiary/aromatic N) is 1. The topological polar surface area (TPSA) is 12.5 Å². The Bertz CT molecular complexity index is 1130. The maximum atomic E-state index is 6.91. The van der Waals surface area contributed by atoms with Crippen LogP contribution in [0.2, 0.25) is 0 Å². The standard InChI is InChI=1S/C31H29NO.ClH/c1-32(2)19-20-33-31(29-25-15-7-3-11-21(25)22-12-4-8-16-26(22)29)30-27-17-9-5-13-23(27)24-14-6-10-18-28(24)30;/h3-18,29-31H,19-20H2,1-2H3;1H. The van der Waals surface area contributed by atoms with Gasteiger partial charge >= 0.3 is 0 Å². The minimum atomic E-state index is 0. The van der Waals surface area contributed by atoms with E-state index in [0.717, 1.165) is 6.54 Å². The van der Waals surface area contributed by atoms with Gasteiger partial charge in [0, 0.05) is 18.4 Å². The Morgan fingerprint density at radius 3 is 1.24 bits per heavy atom. The summed E-state index contributed by atoms with van der Waals surface area (Å²) >= 11 is 0. The molecule has 0 radical (unpaired) electrons. The molecular weight excluding hydrogens is 438 g/mol. The highest BCUT2D eigenvalue weighted by Crippen LogP contribution is 2.54. The van der Waals surface area contributed by atoms with Crippen LogP contribution in [0.1, 0.15) is 34.1 Å². The van der Waals surface area contributed by atoms with Crippen molar-refractivity contribution in [3.8, 4) is 22.3 Å². The lowest BCUT2D eigenvalue weighted by Gasteiger charge is -2.32. The molecule has 0 N–H and O–H groups in total.